The molecule has 1 amide bonds. The minimum atomic E-state index is -0.952. The van der Waals surface area contributed by atoms with Crippen molar-refractivity contribution in [3.05, 3.63) is 95.1 Å². The predicted molar refractivity (Wildman–Crippen MR) is 129 cm³/mol. The van der Waals surface area contributed by atoms with Gasteiger partial charge in [-0.1, -0.05) is 42.8 Å². The second-order valence-corrected chi connectivity index (χ2v) is 9.73. The lowest BCUT2D eigenvalue weighted by molar-refractivity contribution is -0.136. The Morgan fingerprint density at radius 3 is 2.20 bits per heavy atom. The van der Waals surface area contributed by atoms with Gasteiger partial charge in [-0.2, -0.15) is 0 Å². The lowest BCUT2D eigenvalue weighted by Crippen LogP contribution is -2.34. The Hall–Kier alpha value is -3.54. The topological polar surface area (TPSA) is 66.4 Å². The first-order valence-electron chi connectivity index (χ1n) is 12.0. The van der Waals surface area contributed by atoms with Gasteiger partial charge in [0.25, 0.3) is 5.91 Å². The maximum Gasteiger partial charge on any atom is 0.305 e. The third-order valence-electron chi connectivity index (χ3n) is 7.78. The molecule has 0 heterocycles. The van der Waals surface area contributed by atoms with Gasteiger partial charge in [0.1, 0.15) is 11.6 Å². The Morgan fingerprint density at radius 1 is 0.943 bits per heavy atom. The van der Waals surface area contributed by atoms with Crippen LogP contribution in [0.3, 0.4) is 0 Å². The summed E-state index contributed by atoms with van der Waals surface area (Å²) in [6.07, 6.45) is 4.47. The van der Waals surface area contributed by atoms with Crippen molar-refractivity contribution in [2.75, 3.05) is 6.54 Å². The summed E-state index contributed by atoms with van der Waals surface area (Å²) in [4.78, 5) is 23.1. The Kier molecular flexibility index (Phi) is 6.13. The van der Waals surface area contributed by atoms with Gasteiger partial charge in [-0.05, 0) is 72.1 Å². The van der Waals surface area contributed by atoms with E-state index in [9.17, 15) is 18.4 Å². The first kappa shape index (κ1) is 23.2. The predicted octanol–water partition coefficient (Wildman–Crippen LogP) is 5.94. The molecule has 2 aliphatic rings. The number of aliphatic carboxylic acids is 1. The van der Waals surface area contributed by atoms with Crippen molar-refractivity contribution >= 4 is 11.9 Å². The monoisotopic (exact) mass is 475 g/mol. The van der Waals surface area contributed by atoms with E-state index in [1.807, 2.05) is 24.3 Å². The summed E-state index contributed by atoms with van der Waals surface area (Å²) in [5, 5.41) is 11.4. The quantitative estimate of drug-likeness (QED) is 0.444. The lowest BCUT2D eigenvalue weighted by atomic mass is 9.64. The number of hydrogen-bond acceptors (Lipinski definition) is 2. The van der Waals surface area contributed by atoms with Crippen LogP contribution in [0.2, 0.25) is 0 Å². The van der Waals surface area contributed by atoms with Crippen LogP contribution >= 0.6 is 0 Å². The molecule has 0 saturated heterocycles. The minimum absolute atomic E-state index is 0.0879. The van der Waals surface area contributed by atoms with Crippen molar-refractivity contribution < 1.29 is 23.5 Å². The van der Waals surface area contributed by atoms with Gasteiger partial charge < -0.3 is 10.4 Å². The smallest absolute Gasteiger partial charge is 0.305 e. The molecule has 0 aromatic heterocycles. The van der Waals surface area contributed by atoms with E-state index in [0.29, 0.717) is 28.5 Å². The van der Waals surface area contributed by atoms with Crippen LogP contribution in [0.1, 0.15) is 53.6 Å². The molecule has 0 aliphatic heterocycles. The Labute approximate surface area is 203 Å². The highest BCUT2D eigenvalue weighted by Gasteiger charge is 2.52. The number of fused-ring (bicyclic) bond motifs is 2. The number of carbonyl (C=O) groups excluding carboxylic acids is 1. The van der Waals surface area contributed by atoms with E-state index < -0.39 is 17.6 Å². The van der Waals surface area contributed by atoms with Crippen LogP contribution in [0.4, 0.5) is 8.78 Å². The molecular formula is C29H27F2NO3. The maximum absolute atomic E-state index is 14.3. The zero-order chi connectivity index (χ0) is 24.6. The van der Waals surface area contributed by atoms with Crippen molar-refractivity contribution in [1.82, 2.24) is 5.32 Å². The molecule has 5 rings (SSSR count). The molecule has 6 heteroatoms. The third-order valence-corrected chi connectivity index (χ3v) is 7.78. The largest absolute Gasteiger partial charge is 0.481 e. The molecule has 35 heavy (non-hydrogen) atoms. The van der Waals surface area contributed by atoms with Crippen molar-refractivity contribution in [3.63, 3.8) is 0 Å². The van der Waals surface area contributed by atoms with Crippen LogP contribution < -0.4 is 5.32 Å². The molecule has 2 bridgehead atoms. The van der Waals surface area contributed by atoms with E-state index in [2.05, 4.69) is 17.4 Å². The zero-order valence-corrected chi connectivity index (χ0v) is 19.3. The summed E-state index contributed by atoms with van der Waals surface area (Å²) in [6.45, 7) is 0.0879. The minimum Gasteiger partial charge on any atom is -0.481 e. The normalized spacial score (nSPS) is 22.8. The molecule has 2 saturated carbocycles. The molecule has 3 aromatic carbocycles. The average molecular weight is 476 g/mol. The SMILES string of the molecule is O=C(O)CCNC(=O)c1ccc(C2(c3ccc(-c4ccc(F)cc4F)cc3)CC3CCC2C3)cc1. The number of nitrogens with one attached hydrogen (secondary N) is 1. The number of benzene rings is 3. The van der Waals surface area contributed by atoms with E-state index in [1.54, 1.807) is 12.1 Å². The summed E-state index contributed by atoms with van der Waals surface area (Å²) in [6, 6.07) is 19.2. The van der Waals surface area contributed by atoms with E-state index in [0.717, 1.165) is 24.5 Å². The van der Waals surface area contributed by atoms with Crippen LogP contribution in [-0.2, 0) is 10.2 Å². The van der Waals surface area contributed by atoms with Crippen molar-refractivity contribution in [1.29, 1.82) is 0 Å². The Morgan fingerprint density at radius 2 is 1.63 bits per heavy atom. The molecule has 3 unspecified atom stereocenters. The second-order valence-electron chi connectivity index (χ2n) is 9.73. The molecule has 3 aromatic rings. The van der Waals surface area contributed by atoms with Crippen molar-refractivity contribution in [2.24, 2.45) is 11.8 Å². The van der Waals surface area contributed by atoms with Crippen LogP contribution in [-0.4, -0.2) is 23.5 Å². The third kappa shape index (κ3) is 4.33. The molecule has 0 spiro atoms. The Bertz CT molecular complexity index is 1260. The van der Waals surface area contributed by atoms with Gasteiger partial charge in [0.2, 0.25) is 0 Å². The number of carboxylic acid groups (broad SMARTS) is 1. The van der Waals surface area contributed by atoms with E-state index in [-0.39, 0.29) is 24.3 Å². The average Bonchev–Trinajstić information content (AvgIpc) is 3.46. The molecule has 2 N–H and O–H groups in total. The van der Waals surface area contributed by atoms with E-state index in [4.69, 9.17) is 5.11 Å². The second kappa shape index (κ2) is 9.25. The highest BCUT2D eigenvalue weighted by Crippen LogP contribution is 2.60. The molecule has 3 atom stereocenters. The number of amides is 1. The summed E-state index contributed by atoms with van der Waals surface area (Å²) < 4.78 is 27.7. The van der Waals surface area contributed by atoms with Crippen molar-refractivity contribution in [3.8, 4) is 11.1 Å². The maximum atomic E-state index is 14.3. The fraction of sp³-hybridized carbons (Fsp3) is 0.310. The summed E-state index contributed by atoms with van der Waals surface area (Å²) >= 11 is 0. The summed E-state index contributed by atoms with van der Waals surface area (Å²) in [7, 11) is 0. The summed E-state index contributed by atoms with van der Waals surface area (Å²) in [5.41, 5.74) is 3.75. The number of rotatable bonds is 7. The van der Waals surface area contributed by atoms with E-state index >= 15 is 0 Å². The van der Waals surface area contributed by atoms with Gasteiger partial charge in [0.05, 0.1) is 6.42 Å². The molecular weight excluding hydrogens is 448 g/mol. The highest BCUT2D eigenvalue weighted by molar-refractivity contribution is 5.94. The Balaban J connectivity index is 1.44. The molecule has 2 aliphatic carbocycles. The first-order valence-corrected chi connectivity index (χ1v) is 12.0. The summed E-state index contributed by atoms with van der Waals surface area (Å²) in [5.74, 6) is -1.26. The lowest BCUT2D eigenvalue weighted by Gasteiger charge is -2.39. The van der Waals surface area contributed by atoms with Gasteiger partial charge in [-0.25, -0.2) is 8.78 Å². The van der Waals surface area contributed by atoms with Crippen LogP contribution in [0.5, 0.6) is 0 Å². The van der Waals surface area contributed by atoms with Gasteiger partial charge in [0, 0.05) is 29.2 Å². The van der Waals surface area contributed by atoms with Crippen LogP contribution in [0, 0.1) is 23.5 Å². The van der Waals surface area contributed by atoms with Gasteiger partial charge in [0.15, 0.2) is 0 Å². The number of carbonyl (C=O) groups is 2. The standard InChI is InChI=1S/C29H27F2NO3/c30-24-11-12-25(26(31)16-24)19-2-7-21(8-3-19)29(17-18-1-6-23(29)15-18)22-9-4-20(5-10-22)28(35)32-14-13-27(33)34/h2-5,7-12,16,18,23H,1,6,13-15,17H2,(H,32,35)(H,33,34). The van der Waals surface area contributed by atoms with Crippen LogP contribution in [0.15, 0.2) is 66.7 Å². The molecule has 4 nitrogen and oxygen atoms in total. The van der Waals surface area contributed by atoms with Crippen molar-refractivity contribution in [2.45, 2.75) is 37.5 Å². The fourth-order valence-corrected chi connectivity index (χ4v) is 6.18. The number of carboxylic acids is 1. The number of halogens is 2. The van der Waals surface area contributed by atoms with Gasteiger partial charge >= 0.3 is 5.97 Å². The van der Waals surface area contributed by atoms with Gasteiger partial charge in [-0.15, -0.1) is 0 Å². The number of hydrogen-bond donors (Lipinski definition) is 2. The highest BCUT2D eigenvalue weighted by atomic mass is 19.1. The van der Waals surface area contributed by atoms with Crippen LogP contribution in [0.25, 0.3) is 11.1 Å². The van der Waals surface area contributed by atoms with Gasteiger partial charge in [-0.3, -0.25) is 9.59 Å². The van der Waals surface area contributed by atoms with E-state index in [1.165, 1.54) is 30.5 Å². The fourth-order valence-electron chi connectivity index (χ4n) is 6.18. The molecule has 0 radical (unpaired) electrons. The zero-order valence-electron chi connectivity index (χ0n) is 19.3. The molecule has 180 valence electrons. The molecule has 2 fully saturated rings. The first-order chi connectivity index (χ1) is 16.9.